The second-order valence-electron chi connectivity index (χ2n) is 10.1. The van der Waals surface area contributed by atoms with Gasteiger partial charge in [0.2, 0.25) is 0 Å². The lowest BCUT2D eigenvalue weighted by molar-refractivity contribution is 0.0945. The molecule has 210 valence electrons. The third-order valence-corrected chi connectivity index (χ3v) is 7.11. The standard InChI is InChI=1S/C29H34FN7O3/c1-18-32-19(2)37(33-18)26-8-9-27(40-5)28(30)23(26)13-31-29(38)24-16-36(34-25(24)17-39-4)14-20-6-7-21-10-11-35(3)15-22(21)12-20/h6-9,12,16H,10-11,13-15,17H2,1-5H3,(H,31,38). The minimum Gasteiger partial charge on any atom is -0.494 e. The van der Waals surface area contributed by atoms with Crippen LogP contribution in [-0.2, 0) is 37.4 Å². The van der Waals surface area contributed by atoms with E-state index in [0.29, 0.717) is 35.1 Å². The largest absolute Gasteiger partial charge is 0.494 e. The topological polar surface area (TPSA) is 99.3 Å². The number of nitrogens with one attached hydrogen (secondary N) is 1. The number of nitrogens with zero attached hydrogens (tertiary/aromatic N) is 6. The molecular formula is C29H34FN7O3. The van der Waals surface area contributed by atoms with Crippen molar-refractivity contribution >= 4 is 5.91 Å². The van der Waals surface area contributed by atoms with Crippen molar-refractivity contribution in [3.8, 4) is 11.4 Å². The summed E-state index contributed by atoms with van der Waals surface area (Å²) in [5.74, 6) is 0.286. The molecule has 1 aliphatic rings. The molecule has 0 saturated carbocycles. The van der Waals surface area contributed by atoms with Crippen LogP contribution in [0.2, 0.25) is 0 Å². The van der Waals surface area contributed by atoms with Crippen LogP contribution in [-0.4, -0.2) is 63.2 Å². The van der Waals surface area contributed by atoms with E-state index in [0.717, 1.165) is 25.1 Å². The molecule has 0 saturated heterocycles. The second kappa shape index (κ2) is 11.6. The van der Waals surface area contributed by atoms with Gasteiger partial charge in [-0.2, -0.15) is 10.2 Å². The van der Waals surface area contributed by atoms with Gasteiger partial charge in [-0.25, -0.2) is 14.1 Å². The highest BCUT2D eigenvalue weighted by Crippen LogP contribution is 2.27. The summed E-state index contributed by atoms with van der Waals surface area (Å²) >= 11 is 0. The molecule has 0 radical (unpaired) electrons. The highest BCUT2D eigenvalue weighted by atomic mass is 19.1. The van der Waals surface area contributed by atoms with Gasteiger partial charge in [0.1, 0.15) is 17.3 Å². The number of hydrogen-bond acceptors (Lipinski definition) is 7. The summed E-state index contributed by atoms with van der Waals surface area (Å²) < 4.78 is 29.2. The smallest absolute Gasteiger partial charge is 0.255 e. The lowest BCUT2D eigenvalue weighted by atomic mass is 9.98. The maximum Gasteiger partial charge on any atom is 0.255 e. The molecule has 0 fully saturated rings. The highest BCUT2D eigenvalue weighted by Gasteiger charge is 2.22. The Hall–Kier alpha value is -4.09. The number of halogens is 1. The number of carbonyl (C=O) groups is 1. The predicted molar refractivity (Wildman–Crippen MR) is 147 cm³/mol. The predicted octanol–water partition coefficient (Wildman–Crippen LogP) is 3.34. The van der Waals surface area contributed by atoms with Crippen molar-refractivity contribution in [2.45, 2.75) is 46.5 Å². The summed E-state index contributed by atoms with van der Waals surface area (Å²) in [6, 6.07) is 9.75. The number of carbonyl (C=O) groups excluding carboxylic acids is 1. The number of aromatic nitrogens is 5. The Bertz CT molecular complexity index is 1540. The van der Waals surface area contributed by atoms with Crippen molar-refractivity contribution in [3.63, 3.8) is 0 Å². The third-order valence-electron chi connectivity index (χ3n) is 7.11. The summed E-state index contributed by atoms with van der Waals surface area (Å²) in [5.41, 5.74) is 5.39. The lowest BCUT2D eigenvalue weighted by Crippen LogP contribution is -2.26. The number of ether oxygens (including phenoxy) is 2. The van der Waals surface area contributed by atoms with Crippen LogP contribution in [0.3, 0.4) is 0 Å². The molecule has 0 unspecified atom stereocenters. The molecule has 0 atom stereocenters. The molecule has 1 amide bonds. The first-order chi connectivity index (χ1) is 19.3. The zero-order chi connectivity index (χ0) is 28.4. The Morgan fingerprint density at radius 2 is 1.95 bits per heavy atom. The second-order valence-corrected chi connectivity index (χ2v) is 10.1. The van der Waals surface area contributed by atoms with Crippen LogP contribution >= 0.6 is 0 Å². The van der Waals surface area contributed by atoms with Crippen LogP contribution in [0.4, 0.5) is 4.39 Å². The van der Waals surface area contributed by atoms with Gasteiger partial charge >= 0.3 is 0 Å². The van der Waals surface area contributed by atoms with E-state index in [1.54, 1.807) is 42.6 Å². The van der Waals surface area contributed by atoms with Crippen molar-refractivity contribution < 1.29 is 18.7 Å². The van der Waals surface area contributed by atoms with E-state index in [-0.39, 0.29) is 30.4 Å². The number of fused-ring (bicyclic) bond motifs is 1. The van der Waals surface area contributed by atoms with Gasteiger partial charge in [0, 0.05) is 38.5 Å². The average Bonchev–Trinajstić information content (AvgIpc) is 3.48. The highest BCUT2D eigenvalue weighted by molar-refractivity contribution is 5.95. The quantitative estimate of drug-likeness (QED) is 0.343. The van der Waals surface area contributed by atoms with Gasteiger partial charge in [0.15, 0.2) is 11.6 Å². The Kier molecular flexibility index (Phi) is 7.95. The van der Waals surface area contributed by atoms with Crippen molar-refractivity contribution in [3.05, 3.63) is 87.5 Å². The first kappa shape index (κ1) is 27.5. The molecule has 0 aliphatic carbocycles. The van der Waals surface area contributed by atoms with Gasteiger partial charge in [-0.15, -0.1) is 0 Å². The Morgan fingerprint density at radius 3 is 2.67 bits per heavy atom. The van der Waals surface area contributed by atoms with Gasteiger partial charge in [-0.3, -0.25) is 9.48 Å². The minimum atomic E-state index is -0.571. The molecule has 1 aliphatic heterocycles. The molecular weight excluding hydrogens is 513 g/mol. The molecule has 40 heavy (non-hydrogen) atoms. The molecule has 4 aromatic rings. The number of benzene rings is 2. The van der Waals surface area contributed by atoms with Gasteiger partial charge in [0.25, 0.3) is 5.91 Å². The number of likely N-dealkylation sites (N-methyl/N-ethyl adjacent to an activating group) is 1. The summed E-state index contributed by atoms with van der Waals surface area (Å²) in [5, 5.41) is 11.9. The van der Waals surface area contributed by atoms with Gasteiger partial charge in [0.05, 0.1) is 31.5 Å². The van der Waals surface area contributed by atoms with E-state index in [1.807, 2.05) is 0 Å². The average molecular weight is 548 g/mol. The lowest BCUT2D eigenvalue weighted by Gasteiger charge is -2.25. The first-order valence-corrected chi connectivity index (χ1v) is 13.2. The zero-order valence-corrected chi connectivity index (χ0v) is 23.5. The van der Waals surface area contributed by atoms with E-state index in [2.05, 4.69) is 50.6 Å². The van der Waals surface area contributed by atoms with Crippen LogP contribution in [0.1, 0.15) is 50.0 Å². The molecule has 2 aromatic heterocycles. The van der Waals surface area contributed by atoms with Gasteiger partial charge in [-0.1, -0.05) is 18.2 Å². The van der Waals surface area contributed by atoms with Crippen molar-refractivity contribution in [2.75, 3.05) is 27.8 Å². The zero-order valence-electron chi connectivity index (χ0n) is 23.5. The van der Waals surface area contributed by atoms with E-state index < -0.39 is 5.82 Å². The fraction of sp³-hybridized carbons (Fsp3) is 0.379. The minimum absolute atomic E-state index is 0.0756. The van der Waals surface area contributed by atoms with Crippen LogP contribution in [0.15, 0.2) is 36.5 Å². The van der Waals surface area contributed by atoms with Crippen molar-refractivity contribution in [2.24, 2.45) is 0 Å². The molecule has 0 bridgehead atoms. The van der Waals surface area contributed by atoms with E-state index >= 15 is 4.39 Å². The Balaban J connectivity index is 1.38. The van der Waals surface area contributed by atoms with E-state index in [4.69, 9.17) is 9.47 Å². The molecule has 1 N–H and O–H groups in total. The number of aryl methyl sites for hydroxylation is 2. The summed E-state index contributed by atoms with van der Waals surface area (Å²) in [7, 11) is 5.08. The Morgan fingerprint density at radius 1 is 1.12 bits per heavy atom. The number of amides is 1. The van der Waals surface area contributed by atoms with E-state index in [1.165, 1.54) is 24.3 Å². The normalized spacial score (nSPS) is 13.3. The first-order valence-electron chi connectivity index (χ1n) is 13.2. The number of rotatable bonds is 9. The molecule has 3 heterocycles. The molecule has 11 heteroatoms. The number of methoxy groups -OCH3 is 2. The van der Waals surface area contributed by atoms with Crippen LogP contribution < -0.4 is 10.1 Å². The van der Waals surface area contributed by atoms with Gasteiger partial charge < -0.3 is 19.7 Å². The van der Waals surface area contributed by atoms with Gasteiger partial charge in [-0.05, 0) is 56.1 Å². The van der Waals surface area contributed by atoms with Crippen LogP contribution in [0, 0.1) is 19.7 Å². The maximum atomic E-state index is 15.4. The molecule has 2 aromatic carbocycles. The van der Waals surface area contributed by atoms with E-state index in [9.17, 15) is 4.79 Å². The maximum absolute atomic E-state index is 15.4. The SMILES string of the molecule is COCc1nn(Cc2ccc3c(c2)CN(C)CC3)cc1C(=O)NCc1c(-n2nc(C)nc2C)ccc(OC)c1F. The Labute approximate surface area is 232 Å². The van der Waals surface area contributed by atoms with Crippen LogP contribution in [0.5, 0.6) is 5.75 Å². The third kappa shape index (κ3) is 5.61. The number of hydrogen-bond donors (Lipinski definition) is 1. The van der Waals surface area contributed by atoms with Crippen molar-refractivity contribution in [1.29, 1.82) is 0 Å². The molecule has 10 nitrogen and oxygen atoms in total. The monoisotopic (exact) mass is 547 g/mol. The summed E-state index contributed by atoms with van der Waals surface area (Å²) in [6.07, 6.45) is 2.75. The fourth-order valence-electron chi connectivity index (χ4n) is 5.14. The summed E-state index contributed by atoms with van der Waals surface area (Å²) in [6.45, 7) is 6.12. The molecule has 0 spiro atoms. The fourth-order valence-corrected chi connectivity index (χ4v) is 5.14. The summed E-state index contributed by atoms with van der Waals surface area (Å²) in [4.78, 5) is 20.0. The molecule has 5 rings (SSSR count). The van der Waals surface area contributed by atoms with Crippen LogP contribution in [0.25, 0.3) is 5.69 Å². The van der Waals surface area contributed by atoms with Crippen molar-refractivity contribution in [1.82, 2.24) is 34.8 Å².